The number of imidazole rings is 3. The van der Waals surface area contributed by atoms with Gasteiger partial charge in [-0.15, -0.1) is 0 Å². The van der Waals surface area contributed by atoms with Gasteiger partial charge >= 0.3 is 0 Å². The van der Waals surface area contributed by atoms with E-state index in [1.54, 1.807) is 78.8 Å². The van der Waals surface area contributed by atoms with Crippen molar-refractivity contribution in [1.82, 2.24) is 62.7 Å². The zero-order chi connectivity index (χ0) is 68.4. The third kappa shape index (κ3) is 13.3. The molecule has 99 heavy (non-hydrogen) atoms. The number of rotatable bonds is 16. The van der Waals surface area contributed by atoms with Crippen LogP contribution in [0.5, 0.6) is 17.2 Å². The summed E-state index contributed by atoms with van der Waals surface area (Å²) in [5.41, 5.74) is 15.7. The number of morpholine rings is 1. The molecule has 4 N–H and O–H groups in total. The van der Waals surface area contributed by atoms with E-state index in [0.717, 1.165) is 101 Å². The number of aromatic nitrogens is 11. The van der Waals surface area contributed by atoms with Crippen molar-refractivity contribution in [2.75, 3.05) is 82.8 Å². The Balaban J connectivity index is 0.000000127. The normalized spacial score (nSPS) is 13.6. The number of halogens is 3. The Morgan fingerprint density at radius 2 is 0.899 bits per heavy atom. The third-order valence-electron chi connectivity index (χ3n) is 17.8. The average molecular weight is 1340 g/mol. The summed E-state index contributed by atoms with van der Waals surface area (Å²) in [6.07, 6.45) is 16.6. The number of benzene rings is 5. The standard InChI is InChI=1S/C27H26FN5O3.C25H24FN5O2.C21H21FN6O2/c1-17-16-33-25(31-17)21(18-2-4-19(5-3-18)26(34)32-9-12-35-13-10-32)14-29-27(33)30-15-22-20-8-11-36-24(20)7-6-23(22)28;1-15-14-31-23(29-15)19(16-4-6-17(7-5-16)24(32)30(2)3)12-27-25(31)28-13-20-18-10-11-33-22(18)9-8-21(20)26;1-13-11-28-20(26-13)16(14-8-25-27(12-14)5-6-29)9-23-21(28)24-10-17-15-4-7-30-19(15)3-2-18(17)22/h2-7,14,16H,8-13,15H2,1H3,(H,29,30);4-9,12,14H,10-11,13H2,1-3H3,(H,27,28);2-3,8-9,11-12,29H,4-7,10H2,1H3,(H,23,24). The molecule has 0 unspecified atom stereocenters. The first kappa shape index (κ1) is 64.9. The Bertz CT molecular complexity index is 5030. The second kappa shape index (κ2) is 28.0. The summed E-state index contributed by atoms with van der Waals surface area (Å²) in [7, 11) is 3.46. The van der Waals surface area contributed by atoms with Crippen LogP contribution in [0.2, 0.25) is 0 Å². The van der Waals surface area contributed by atoms with Gasteiger partial charge in [-0.2, -0.15) is 5.10 Å². The van der Waals surface area contributed by atoms with Crippen LogP contribution in [-0.2, 0) is 50.2 Å². The van der Waals surface area contributed by atoms with Crippen LogP contribution in [0, 0.1) is 38.2 Å². The summed E-state index contributed by atoms with van der Waals surface area (Å²) >= 11 is 0. The number of aryl methyl sites for hydroxylation is 3. The zero-order valence-corrected chi connectivity index (χ0v) is 55.2. The predicted molar refractivity (Wildman–Crippen MR) is 366 cm³/mol. The van der Waals surface area contributed by atoms with Gasteiger partial charge in [0.2, 0.25) is 17.8 Å². The number of carbonyl (C=O) groups excluding carboxylic acids is 2. The van der Waals surface area contributed by atoms with E-state index in [1.165, 1.54) is 18.2 Å². The maximum absolute atomic E-state index is 14.6. The summed E-state index contributed by atoms with van der Waals surface area (Å²) in [6, 6.07) is 24.3. The maximum Gasteiger partial charge on any atom is 0.254 e. The Morgan fingerprint density at radius 1 is 0.505 bits per heavy atom. The second-order valence-electron chi connectivity index (χ2n) is 24.6. The summed E-state index contributed by atoms with van der Waals surface area (Å²) in [5, 5.41) is 23.2. The van der Waals surface area contributed by atoms with Crippen molar-refractivity contribution >= 4 is 46.6 Å². The van der Waals surface area contributed by atoms with Gasteiger partial charge in [0.05, 0.1) is 69.5 Å². The first-order valence-electron chi connectivity index (χ1n) is 32.6. The molecule has 12 aromatic rings. The lowest BCUT2D eigenvalue weighted by Crippen LogP contribution is -2.40. The number of nitrogens with zero attached hydrogens (tertiary/aromatic N) is 13. The molecular formula is C73H71F3N16O7. The van der Waals surface area contributed by atoms with Crippen LogP contribution in [0.3, 0.4) is 0 Å². The summed E-state index contributed by atoms with van der Waals surface area (Å²) < 4.78 is 72.9. The molecule has 1 fully saturated rings. The molecule has 0 radical (unpaired) electrons. The highest BCUT2D eigenvalue weighted by Gasteiger charge is 2.26. The molecule has 1 saturated heterocycles. The topological polar surface area (TPSA) is 242 Å². The van der Waals surface area contributed by atoms with Gasteiger partial charge in [-0.05, 0) is 92.6 Å². The van der Waals surface area contributed by atoms with E-state index >= 15 is 0 Å². The first-order valence-corrected chi connectivity index (χ1v) is 32.6. The molecule has 26 heteroatoms. The molecular weight excluding hydrogens is 1270 g/mol. The molecule has 0 aliphatic carbocycles. The first-order chi connectivity index (χ1) is 48.1. The number of fused-ring (bicyclic) bond motifs is 6. The number of carbonyl (C=O) groups is 2. The van der Waals surface area contributed by atoms with Crippen molar-refractivity contribution < 1.29 is 46.8 Å². The van der Waals surface area contributed by atoms with Crippen molar-refractivity contribution in [2.45, 2.75) is 66.2 Å². The Kier molecular flexibility index (Phi) is 18.4. The van der Waals surface area contributed by atoms with E-state index in [-0.39, 0.29) is 42.4 Å². The minimum absolute atomic E-state index is 0.00866. The lowest BCUT2D eigenvalue weighted by Gasteiger charge is -2.26. The number of hydrogen-bond acceptors (Lipinski definition) is 17. The van der Waals surface area contributed by atoms with Gasteiger partial charge in [-0.25, -0.2) is 43.1 Å². The largest absolute Gasteiger partial charge is 0.493 e. The monoisotopic (exact) mass is 1340 g/mol. The number of anilines is 3. The Labute approximate surface area is 566 Å². The maximum atomic E-state index is 14.6. The molecule has 0 spiro atoms. The van der Waals surface area contributed by atoms with Crippen molar-refractivity contribution in [2.24, 2.45) is 0 Å². The van der Waals surface area contributed by atoms with E-state index < -0.39 is 0 Å². The molecule has 16 rings (SSSR count). The highest BCUT2D eigenvalue weighted by Crippen LogP contribution is 2.36. The minimum atomic E-state index is -0.256. The molecule has 0 saturated carbocycles. The SMILES string of the molecule is Cc1cn2c(NCc3c(F)ccc4c3CCO4)ncc(-c3ccc(C(=O)N(C)C)cc3)c2n1.Cc1cn2c(NCc3c(F)ccc4c3CCO4)ncc(-c3ccc(C(=O)N4CCOCC4)cc3)c2n1.Cc1cn2c(NCc3c(F)ccc4c3CCO4)ncc(-c3cnn(CCO)c3)c2n1. The van der Waals surface area contributed by atoms with E-state index in [0.29, 0.717) is 131 Å². The molecule has 4 aliphatic heterocycles. The molecule has 0 bridgehead atoms. The predicted octanol–water partition coefficient (Wildman–Crippen LogP) is 10.5. The van der Waals surface area contributed by atoms with Crippen LogP contribution in [0.25, 0.3) is 50.3 Å². The van der Waals surface area contributed by atoms with E-state index in [9.17, 15) is 22.8 Å². The highest BCUT2D eigenvalue weighted by atomic mass is 19.1. The number of amides is 2. The molecule has 4 aliphatic rings. The van der Waals surface area contributed by atoms with Crippen molar-refractivity contribution in [3.63, 3.8) is 0 Å². The van der Waals surface area contributed by atoms with Gasteiger partial charge in [0.15, 0.2) is 0 Å². The van der Waals surface area contributed by atoms with Gasteiger partial charge < -0.3 is 49.8 Å². The highest BCUT2D eigenvalue weighted by molar-refractivity contribution is 5.96. The van der Waals surface area contributed by atoms with Crippen LogP contribution < -0.4 is 30.2 Å². The summed E-state index contributed by atoms with van der Waals surface area (Å²) in [6.45, 7) is 11.1. The van der Waals surface area contributed by atoms with E-state index in [1.807, 2.05) is 100 Å². The molecule has 0 atom stereocenters. The lowest BCUT2D eigenvalue weighted by molar-refractivity contribution is 0.0303. The number of ether oxygens (including phenoxy) is 4. The number of aliphatic hydroxyl groups excluding tert-OH is 1. The number of nitrogens with one attached hydrogen (secondary N) is 3. The zero-order valence-electron chi connectivity index (χ0n) is 55.2. The fraction of sp³-hybridized carbons (Fsp3) is 0.274. The van der Waals surface area contributed by atoms with Crippen LogP contribution in [0.1, 0.15) is 71.2 Å². The van der Waals surface area contributed by atoms with Gasteiger partial charge in [-0.1, -0.05) is 24.3 Å². The Morgan fingerprint density at radius 3 is 1.29 bits per heavy atom. The second-order valence-corrected chi connectivity index (χ2v) is 24.6. The average Bonchev–Trinajstić information content (AvgIpc) is 1.72. The quantitative estimate of drug-likeness (QED) is 0.0703. The smallest absolute Gasteiger partial charge is 0.254 e. The fourth-order valence-electron chi connectivity index (χ4n) is 12.8. The summed E-state index contributed by atoms with van der Waals surface area (Å²) in [5.74, 6) is 3.16. The van der Waals surface area contributed by atoms with Crippen LogP contribution in [0.4, 0.5) is 31.0 Å². The van der Waals surface area contributed by atoms with Gasteiger partial charge in [0.1, 0.15) is 51.6 Å². The van der Waals surface area contributed by atoms with E-state index in [4.69, 9.17) is 29.0 Å². The molecule has 2 amide bonds. The fourth-order valence-corrected chi connectivity index (χ4v) is 12.8. The Hall–Kier alpha value is -11.4. The minimum Gasteiger partial charge on any atom is -0.493 e. The van der Waals surface area contributed by atoms with Gasteiger partial charge in [0.25, 0.3) is 11.8 Å². The van der Waals surface area contributed by atoms with Crippen molar-refractivity contribution in [1.29, 1.82) is 0 Å². The number of aliphatic hydroxyl groups is 1. The van der Waals surface area contributed by atoms with Gasteiger partial charge in [-0.3, -0.25) is 27.5 Å². The molecule has 7 aromatic heterocycles. The molecule has 5 aromatic carbocycles. The van der Waals surface area contributed by atoms with E-state index in [2.05, 4.69) is 46.0 Å². The number of hydrogen-bond donors (Lipinski definition) is 4. The molecule has 506 valence electrons. The summed E-state index contributed by atoms with van der Waals surface area (Å²) in [4.78, 5) is 56.2. The van der Waals surface area contributed by atoms with Crippen molar-refractivity contribution in [3.05, 3.63) is 214 Å². The van der Waals surface area contributed by atoms with Crippen LogP contribution in [-0.4, -0.2) is 146 Å². The van der Waals surface area contributed by atoms with Gasteiger partial charge in [0, 0.05) is 176 Å². The van der Waals surface area contributed by atoms with Crippen LogP contribution >= 0.6 is 0 Å². The van der Waals surface area contributed by atoms with Crippen LogP contribution in [0.15, 0.2) is 135 Å². The molecule has 11 heterocycles. The van der Waals surface area contributed by atoms with Crippen molar-refractivity contribution in [3.8, 4) is 50.6 Å². The lowest BCUT2D eigenvalue weighted by atomic mass is 10.0. The molecule has 23 nitrogen and oxygen atoms in total. The third-order valence-corrected chi connectivity index (χ3v) is 17.8.